The van der Waals surface area contributed by atoms with Crippen molar-refractivity contribution in [1.82, 2.24) is 0 Å². The van der Waals surface area contributed by atoms with Crippen LogP contribution in [0.5, 0.6) is 0 Å². The number of hydrogen-bond acceptors (Lipinski definition) is 12. The van der Waals surface area contributed by atoms with Gasteiger partial charge in [-0.2, -0.15) is 0 Å². The molecule has 0 spiro atoms. The molecule has 0 heterocycles. The summed E-state index contributed by atoms with van der Waals surface area (Å²) in [5.74, 6) is 0. The van der Waals surface area contributed by atoms with Gasteiger partial charge in [0.1, 0.15) is 0 Å². The summed E-state index contributed by atoms with van der Waals surface area (Å²) in [5, 5.41) is 70.7. The summed E-state index contributed by atoms with van der Waals surface area (Å²) in [6.45, 7) is 0. The van der Waals surface area contributed by atoms with E-state index in [-0.39, 0.29) is 66.3 Å². The Morgan fingerprint density at radius 1 is 0.490 bits per heavy atom. The van der Waals surface area contributed by atoms with E-state index in [0.717, 1.165) is 36.4 Å². The van der Waals surface area contributed by atoms with Crippen LogP contribution in [0.15, 0.2) is 85.0 Å². The third kappa shape index (κ3) is 5.25. The zero-order valence-electron chi connectivity index (χ0n) is 24.2. The number of nitro benzene ring substituents is 6. The molecule has 6 rings (SSSR count). The summed E-state index contributed by atoms with van der Waals surface area (Å²) in [5.41, 5.74) is -1.95. The van der Waals surface area contributed by atoms with E-state index < -0.39 is 52.3 Å². The van der Waals surface area contributed by atoms with Crippen molar-refractivity contribution >= 4 is 67.3 Å². The van der Waals surface area contributed by atoms with Crippen LogP contribution in [0.25, 0.3) is 44.3 Å². The minimum absolute atomic E-state index is 0.0372. The number of rotatable bonds is 9. The molecule has 0 bridgehead atoms. The van der Waals surface area contributed by atoms with E-state index in [4.69, 9.17) is 0 Å². The molecule has 18 heteroatoms. The molecule has 18 nitrogen and oxygen atoms in total. The Labute approximate surface area is 270 Å². The lowest BCUT2D eigenvalue weighted by molar-refractivity contribution is -0.393. The Balaban J connectivity index is 1.52. The number of hydrogen-bond donors (Lipinski definition) is 0. The van der Waals surface area contributed by atoms with Gasteiger partial charge in [-0.25, -0.2) is 0 Å². The third-order valence-electron chi connectivity index (χ3n) is 7.89. The van der Waals surface area contributed by atoms with Gasteiger partial charge in [-0.3, -0.25) is 60.7 Å². The molecule has 49 heavy (non-hydrogen) atoms. The van der Waals surface area contributed by atoms with Crippen molar-refractivity contribution in [3.8, 4) is 11.1 Å². The van der Waals surface area contributed by atoms with Crippen molar-refractivity contribution < 1.29 is 29.5 Å². The Kier molecular flexibility index (Phi) is 7.44. The molecule has 1 aliphatic rings. The fraction of sp³-hybridized carbons (Fsp3) is 0. The molecule has 0 amide bonds. The SMILES string of the molecule is O=[N+]([O-])c1ccc2c(c1)\C(=C/C=C/C=C/[c-]1c3cc([N+](=O)[O-])ccc3c3c([N+](=O)[O-])cc([N+](=O)[O-])cc31)c1cc([N+](=O)[O-])cc([N+](=O)[O-])c1-2. The maximum atomic E-state index is 11.9. The zero-order chi connectivity index (χ0) is 35.3. The summed E-state index contributed by atoms with van der Waals surface area (Å²) >= 11 is 0. The molecule has 242 valence electrons. The van der Waals surface area contributed by atoms with Crippen LogP contribution in [0.2, 0.25) is 0 Å². The van der Waals surface area contributed by atoms with E-state index >= 15 is 0 Å². The van der Waals surface area contributed by atoms with Crippen molar-refractivity contribution in [2.45, 2.75) is 0 Å². The van der Waals surface area contributed by atoms with E-state index in [1.807, 2.05) is 0 Å². The number of benzene rings is 4. The lowest BCUT2D eigenvalue weighted by Crippen LogP contribution is -1.96. The summed E-state index contributed by atoms with van der Waals surface area (Å²) in [6, 6.07) is 11.2. The smallest absolute Gasteiger partial charge is 0.259 e. The van der Waals surface area contributed by atoms with Crippen molar-refractivity contribution in [2.24, 2.45) is 0 Å². The first-order chi connectivity index (χ1) is 23.3. The summed E-state index contributed by atoms with van der Waals surface area (Å²) in [4.78, 5) is 65.6. The van der Waals surface area contributed by atoms with Gasteiger partial charge in [0, 0.05) is 29.8 Å². The molecule has 0 saturated carbocycles. The second kappa shape index (κ2) is 11.6. The van der Waals surface area contributed by atoms with Crippen LogP contribution in [0.4, 0.5) is 34.1 Å². The van der Waals surface area contributed by atoms with E-state index in [9.17, 15) is 60.7 Å². The van der Waals surface area contributed by atoms with Gasteiger partial charge in [0.2, 0.25) is 11.4 Å². The van der Waals surface area contributed by atoms with Crippen molar-refractivity contribution in [3.63, 3.8) is 0 Å². The Bertz CT molecular complexity index is 2480. The van der Waals surface area contributed by atoms with Crippen molar-refractivity contribution in [1.29, 1.82) is 0 Å². The van der Waals surface area contributed by atoms with Gasteiger partial charge < -0.3 is 0 Å². The average molecular weight is 663 g/mol. The minimum atomic E-state index is -0.803. The van der Waals surface area contributed by atoms with Gasteiger partial charge in [0.25, 0.3) is 22.7 Å². The van der Waals surface area contributed by atoms with Crippen LogP contribution in [-0.2, 0) is 0 Å². The van der Waals surface area contributed by atoms with Gasteiger partial charge >= 0.3 is 0 Å². The molecular formula is C31H15N6O12-. The van der Waals surface area contributed by atoms with Gasteiger partial charge in [-0.05, 0) is 40.3 Å². The van der Waals surface area contributed by atoms with E-state index in [1.54, 1.807) is 0 Å². The third-order valence-corrected chi connectivity index (χ3v) is 7.89. The number of non-ortho nitro benzene ring substituents is 5. The zero-order valence-corrected chi connectivity index (χ0v) is 24.2. The predicted molar refractivity (Wildman–Crippen MR) is 174 cm³/mol. The number of allylic oxidation sites excluding steroid dienone is 4. The highest BCUT2D eigenvalue weighted by molar-refractivity contribution is 6.22. The maximum Gasteiger partial charge on any atom is 0.284 e. The monoisotopic (exact) mass is 663 g/mol. The quantitative estimate of drug-likeness (QED) is 0.0619. The maximum absolute atomic E-state index is 11.9. The van der Waals surface area contributed by atoms with E-state index in [2.05, 4.69) is 0 Å². The topological polar surface area (TPSA) is 259 Å². The Morgan fingerprint density at radius 2 is 1.04 bits per heavy atom. The van der Waals surface area contributed by atoms with Crippen LogP contribution in [-0.4, -0.2) is 29.5 Å². The fourth-order valence-electron chi connectivity index (χ4n) is 5.90. The van der Waals surface area contributed by atoms with Gasteiger partial charge in [0.05, 0.1) is 47.2 Å². The summed E-state index contributed by atoms with van der Waals surface area (Å²) < 4.78 is 0. The van der Waals surface area contributed by atoms with E-state index in [1.165, 1.54) is 54.6 Å². The second-order valence-electron chi connectivity index (χ2n) is 10.5. The van der Waals surface area contributed by atoms with Gasteiger partial charge in [-0.1, -0.05) is 46.0 Å². The summed E-state index contributed by atoms with van der Waals surface area (Å²) in [7, 11) is 0. The van der Waals surface area contributed by atoms with Crippen molar-refractivity contribution in [3.05, 3.63) is 162 Å². The average Bonchev–Trinajstić information content (AvgIpc) is 3.54. The predicted octanol–water partition coefficient (Wildman–Crippen LogP) is 7.84. The second-order valence-corrected chi connectivity index (χ2v) is 10.5. The highest BCUT2D eigenvalue weighted by Gasteiger charge is 2.34. The number of nitro groups is 6. The molecule has 0 atom stereocenters. The molecule has 0 fully saturated rings. The fourth-order valence-corrected chi connectivity index (χ4v) is 5.90. The Morgan fingerprint density at radius 3 is 1.67 bits per heavy atom. The lowest BCUT2D eigenvalue weighted by atomic mass is 10.0. The van der Waals surface area contributed by atoms with Crippen LogP contribution in [0.3, 0.4) is 0 Å². The molecule has 0 radical (unpaired) electrons. The molecule has 5 aromatic carbocycles. The first kappa shape index (κ1) is 31.4. The highest BCUT2D eigenvalue weighted by Crippen LogP contribution is 2.51. The van der Waals surface area contributed by atoms with E-state index in [0.29, 0.717) is 0 Å². The lowest BCUT2D eigenvalue weighted by Gasteiger charge is -2.03. The summed E-state index contributed by atoms with van der Waals surface area (Å²) in [6.07, 6.45) is 7.13. The van der Waals surface area contributed by atoms with Gasteiger partial charge in [-0.15, -0.1) is 12.2 Å². The van der Waals surface area contributed by atoms with Crippen LogP contribution in [0.1, 0.15) is 16.7 Å². The molecular weight excluding hydrogens is 648 g/mol. The van der Waals surface area contributed by atoms with Crippen LogP contribution >= 0.6 is 0 Å². The minimum Gasteiger partial charge on any atom is -0.259 e. The molecule has 0 unspecified atom stereocenters. The first-order valence-corrected chi connectivity index (χ1v) is 13.7. The standard InChI is InChI=1S/C31H15N6O12/c38-32(39)16-6-8-22-24(10-16)20(26-12-18(34(42)43)14-28(30(22)26)36(46)47)4-2-1-3-5-21-25-11-17(33(40)41)7-9-23(25)31-27(21)13-19(35(44)45)15-29(31)37(48)49/h1-15H/q-1/b2-1+,5-3+,20-4+. The molecule has 5 aromatic rings. The van der Waals surface area contributed by atoms with Crippen LogP contribution in [0, 0.1) is 60.7 Å². The van der Waals surface area contributed by atoms with Crippen molar-refractivity contribution in [2.75, 3.05) is 0 Å². The normalized spacial score (nSPS) is 12.9. The highest BCUT2D eigenvalue weighted by atomic mass is 16.6. The molecule has 0 saturated heterocycles. The largest absolute Gasteiger partial charge is 0.284 e. The molecule has 1 aliphatic carbocycles. The van der Waals surface area contributed by atoms with Crippen LogP contribution < -0.4 is 0 Å². The number of nitrogens with zero attached hydrogens (tertiary/aromatic N) is 6. The van der Waals surface area contributed by atoms with Gasteiger partial charge in [0.15, 0.2) is 0 Å². The number of fused-ring (bicyclic) bond motifs is 6. The Hall–Kier alpha value is -7.63. The first-order valence-electron chi connectivity index (χ1n) is 13.7. The molecule has 0 aromatic heterocycles. The molecule has 0 N–H and O–H groups in total. The molecule has 0 aliphatic heterocycles.